The summed E-state index contributed by atoms with van der Waals surface area (Å²) in [5.74, 6) is -0.00347. The van der Waals surface area contributed by atoms with Crippen LogP contribution in [0.3, 0.4) is 0 Å². The molecule has 0 spiro atoms. The van der Waals surface area contributed by atoms with Gasteiger partial charge in [-0.3, -0.25) is 10.5 Å². The summed E-state index contributed by atoms with van der Waals surface area (Å²) >= 11 is 0. The lowest BCUT2D eigenvalue weighted by atomic mass is 10.00. The van der Waals surface area contributed by atoms with Gasteiger partial charge in [-0.15, -0.1) is 0 Å². The van der Waals surface area contributed by atoms with Crippen LogP contribution in [0.25, 0.3) is 0 Å². The van der Waals surface area contributed by atoms with Gasteiger partial charge in [0.1, 0.15) is 0 Å². The van der Waals surface area contributed by atoms with Crippen LogP contribution in [-0.2, 0) is 11.2 Å². The average molecular weight is 205 g/mol. The van der Waals surface area contributed by atoms with Crippen molar-refractivity contribution >= 4 is 17.3 Å². The molecule has 0 saturated carbocycles. The number of aliphatic hydroxyl groups excluding tert-OH is 1. The molecule has 0 atom stereocenters. The second-order valence-corrected chi connectivity index (χ2v) is 3.58. The molecule has 1 aliphatic heterocycles. The summed E-state index contributed by atoms with van der Waals surface area (Å²) in [6.07, 6.45) is 1.17. The van der Waals surface area contributed by atoms with Crippen molar-refractivity contribution in [2.24, 2.45) is 0 Å². The standard InChI is InChI=1S/C11H13N2O2/c12-9-3-1-2-8-4-5-10(15)13(6-7-14)11(8)9/h1-3,12,14H,4-7H2. The molecule has 0 aliphatic carbocycles. The summed E-state index contributed by atoms with van der Waals surface area (Å²) in [6.45, 7) is 0.210. The summed E-state index contributed by atoms with van der Waals surface area (Å²) in [7, 11) is 0. The molecule has 1 aliphatic rings. The lowest BCUT2D eigenvalue weighted by Crippen LogP contribution is -2.37. The van der Waals surface area contributed by atoms with E-state index in [1.807, 2.05) is 12.1 Å². The number of aryl methyl sites for hydroxylation is 1. The van der Waals surface area contributed by atoms with Gasteiger partial charge in [0.05, 0.1) is 18.0 Å². The van der Waals surface area contributed by atoms with Crippen LogP contribution in [0.2, 0.25) is 0 Å². The van der Waals surface area contributed by atoms with Gasteiger partial charge in [0.15, 0.2) is 0 Å². The Kier molecular flexibility index (Phi) is 2.60. The maximum absolute atomic E-state index is 11.6. The molecular weight excluding hydrogens is 192 g/mol. The van der Waals surface area contributed by atoms with Crippen LogP contribution < -0.4 is 10.6 Å². The number of aliphatic hydroxyl groups is 1. The van der Waals surface area contributed by atoms with E-state index in [0.29, 0.717) is 24.2 Å². The van der Waals surface area contributed by atoms with E-state index < -0.39 is 0 Å². The first-order valence-corrected chi connectivity index (χ1v) is 4.98. The molecule has 1 heterocycles. The Morgan fingerprint density at radius 1 is 1.40 bits per heavy atom. The Morgan fingerprint density at radius 3 is 2.93 bits per heavy atom. The van der Waals surface area contributed by atoms with Gasteiger partial charge in [-0.25, -0.2) is 0 Å². The first-order valence-electron chi connectivity index (χ1n) is 4.98. The molecule has 1 amide bonds. The minimum Gasteiger partial charge on any atom is -0.395 e. The van der Waals surface area contributed by atoms with Crippen LogP contribution >= 0.6 is 0 Å². The molecule has 1 aromatic rings. The third-order valence-corrected chi connectivity index (χ3v) is 2.62. The van der Waals surface area contributed by atoms with Crippen LogP contribution in [0.15, 0.2) is 18.2 Å². The second kappa shape index (κ2) is 3.90. The van der Waals surface area contributed by atoms with E-state index in [4.69, 9.17) is 10.8 Å². The van der Waals surface area contributed by atoms with Crippen molar-refractivity contribution in [2.45, 2.75) is 12.8 Å². The smallest absolute Gasteiger partial charge is 0.227 e. The normalized spacial score (nSPS) is 15.3. The Balaban J connectivity index is 2.45. The fraction of sp³-hybridized carbons (Fsp3) is 0.364. The molecule has 2 rings (SSSR count). The van der Waals surface area contributed by atoms with Crippen molar-refractivity contribution in [3.8, 4) is 0 Å². The fourth-order valence-corrected chi connectivity index (χ4v) is 1.95. The number of hydrogen-bond acceptors (Lipinski definition) is 2. The number of nitrogens with one attached hydrogen (secondary N) is 1. The van der Waals surface area contributed by atoms with Crippen LogP contribution in [0.4, 0.5) is 11.4 Å². The molecule has 2 N–H and O–H groups in total. The molecule has 0 saturated heterocycles. The van der Waals surface area contributed by atoms with Crippen molar-refractivity contribution in [1.29, 1.82) is 0 Å². The summed E-state index contributed by atoms with van der Waals surface area (Å²) in [4.78, 5) is 13.1. The van der Waals surface area contributed by atoms with Crippen LogP contribution in [0, 0.1) is 0 Å². The molecule has 0 aromatic heterocycles. The zero-order valence-electron chi connectivity index (χ0n) is 8.36. The van der Waals surface area contributed by atoms with Crippen molar-refractivity contribution < 1.29 is 9.90 Å². The third kappa shape index (κ3) is 1.68. The van der Waals surface area contributed by atoms with E-state index in [1.165, 1.54) is 4.90 Å². The van der Waals surface area contributed by atoms with Gasteiger partial charge in [-0.05, 0) is 18.1 Å². The fourth-order valence-electron chi connectivity index (χ4n) is 1.95. The largest absolute Gasteiger partial charge is 0.395 e. The van der Waals surface area contributed by atoms with Gasteiger partial charge in [-0.2, -0.15) is 0 Å². The van der Waals surface area contributed by atoms with Crippen molar-refractivity contribution in [3.63, 3.8) is 0 Å². The molecule has 15 heavy (non-hydrogen) atoms. The number of nitrogens with zero attached hydrogens (tertiary/aromatic N) is 1. The molecule has 1 radical (unpaired) electrons. The Morgan fingerprint density at radius 2 is 2.20 bits per heavy atom. The average Bonchev–Trinajstić information content (AvgIpc) is 2.23. The predicted molar refractivity (Wildman–Crippen MR) is 57.0 cm³/mol. The highest BCUT2D eigenvalue weighted by Gasteiger charge is 2.25. The highest BCUT2D eigenvalue weighted by atomic mass is 16.3. The topological polar surface area (TPSA) is 64.3 Å². The van der Waals surface area contributed by atoms with Gasteiger partial charge >= 0.3 is 0 Å². The van der Waals surface area contributed by atoms with E-state index >= 15 is 0 Å². The molecular formula is C11H13N2O2. The molecule has 79 valence electrons. The number of carbonyl (C=O) groups is 1. The summed E-state index contributed by atoms with van der Waals surface area (Å²) < 4.78 is 0. The van der Waals surface area contributed by atoms with E-state index in [1.54, 1.807) is 6.07 Å². The second-order valence-electron chi connectivity index (χ2n) is 3.58. The molecule has 1 aromatic carbocycles. The number of anilines is 1. The number of para-hydroxylation sites is 1. The minimum absolute atomic E-state index is 0.00347. The van der Waals surface area contributed by atoms with Crippen LogP contribution in [-0.4, -0.2) is 24.2 Å². The zero-order valence-corrected chi connectivity index (χ0v) is 8.36. The maximum atomic E-state index is 11.6. The van der Waals surface area contributed by atoms with Gasteiger partial charge in [0, 0.05) is 13.0 Å². The molecule has 4 nitrogen and oxygen atoms in total. The van der Waals surface area contributed by atoms with Gasteiger partial charge in [0.2, 0.25) is 5.91 Å². The van der Waals surface area contributed by atoms with Gasteiger partial charge in [0.25, 0.3) is 0 Å². The minimum atomic E-state index is -0.0699. The van der Waals surface area contributed by atoms with E-state index in [0.717, 1.165) is 5.56 Å². The van der Waals surface area contributed by atoms with E-state index in [9.17, 15) is 4.79 Å². The molecule has 0 unspecified atom stereocenters. The van der Waals surface area contributed by atoms with E-state index in [2.05, 4.69) is 0 Å². The number of benzene rings is 1. The van der Waals surface area contributed by atoms with Crippen molar-refractivity contribution in [3.05, 3.63) is 23.8 Å². The Labute approximate surface area is 88.3 Å². The number of amides is 1. The lowest BCUT2D eigenvalue weighted by Gasteiger charge is -2.29. The van der Waals surface area contributed by atoms with Crippen molar-refractivity contribution in [2.75, 3.05) is 18.1 Å². The summed E-state index contributed by atoms with van der Waals surface area (Å²) in [5.41, 5.74) is 9.82. The number of fused-ring (bicyclic) bond motifs is 1. The summed E-state index contributed by atoms with van der Waals surface area (Å²) in [6, 6.07) is 5.43. The highest BCUT2D eigenvalue weighted by molar-refractivity contribution is 5.99. The molecule has 4 heteroatoms. The number of β-amino-alcohol motifs (C(OH)–C–C–N with tert-alkyl or cyclic N) is 1. The number of rotatable bonds is 2. The van der Waals surface area contributed by atoms with Crippen LogP contribution in [0.1, 0.15) is 12.0 Å². The number of carbonyl (C=O) groups excluding carboxylic acids is 1. The molecule has 0 fully saturated rings. The van der Waals surface area contributed by atoms with Gasteiger partial charge in [-0.1, -0.05) is 12.1 Å². The SMILES string of the molecule is [NH]c1cccc2c1N(CCO)C(=O)CC2. The van der Waals surface area contributed by atoms with E-state index in [-0.39, 0.29) is 19.1 Å². The first-order chi connectivity index (χ1) is 7.24. The molecule has 0 bridgehead atoms. The lowest BCUT2D eigenvalue weighted by molar-refractivity contribution is -0.119. The third-order valence-electron chi connectivity index (χ3n) is 2.62. The first kappa shape index (κ1) is 9.98. The highest BCUT2D eigenvalue weighted by Crippen LogP contribution is 2.33. The number of hydrogen-bond donors (Lipinski definition) is 1. The zero-order chi connectivity index (χ0) is 10.8. The van der Waals surface area contributed by atoms with Crippen molar-refractivity contribution in [1.82, 2.24) is 5.73 Å². The predicted octanol–water partition coefficient (Wildman–Crippen LogP) is 0.872. The Bertz CT molecular complexity index is 390. The quantitative estimate of drug-likeness (QED) is 0.778. The van der Waals surface area contributed by atoms with Crippen LogP contribution in [0.5, 0.6) is 0 Å². The maximum Gasteiger partial charge on any atom is 0.227 e. The van der Waals surface area contributed by atoms with Gasteiger partial charge < -0.3 is 10.0 Å². The summed E-state index contributed by atoms with van der Waals surface area (Å²) in [5, 5.41) is 8.90. The monoisotopic (exact) mass is 205 g/mol. The Hall–Kier alpha value is -1.55.